The molecule has 20 heavy (non-hydrogen) atoms. The number of aromatic nitrogens is 1. The molecule has 0 aromatic carbocycles. The van der Waals surface area contributed by atoms with Crippen LogP contribution in [0.3, 0.4) is 0 Å². The van der Waals surface area contributed by atoms with Crippen LogP contribution in [0.25, 0.3) is 0 Å². The lowest BCUT2D eigenvalue weighted by Gasteiger charge is -2.47. The van der Waals surface area contributed by atoms with Crippen LogP contribution in [-0.2, 0) is 6.54 Å². The lowest BCUT2D eigenvalue weighted by atomic mass is 9.71. The molecule has 2 heterocycles. The second-order valence-electron chi connectivity index (χ2n) is 6.19. The van der Waals surface area contributed by atoms with Crippen molar-refractivity contribution in [1.29, 1.82) is 5.26 Å². The van der Waals surface area contributed by atoms with Crippen LogP contribution in [0.4, 0.5) is 0 Å². The summed E-state index contributed by atoms with van der Waals surface area (Å²) in [4.78, 5) is 6.41. The molecule has 2 aliphatic rings. The zero-order valence-corrected chi connectivity index (χ0v) is 11.8. The number of nitrogens with zero attached hydrogens (tertiary/aromatic N) is 3. The number of likely N-dealkylation sites (tertiary alicyclic amines) is 1. The molecule has 1 N–H and O–H groups in total. The minimum absolute atomic E-state index is 0.412. The number of aliphatic hydroxyl groups is 1. The monoisotopic (exact) mass is 271 g/mol. The van der Waals surface area contributed by atoms with Gasteiger partial charge in [0.25, 0.3) is 0 Å². The van der Waals surface area contributed by atoms with Crippen LogP contribution >= 0.6 is 0 Å². The third-order valence-corrected chi connectivity index (χ3v) is 4.86. The SMILES string of the molecule is N#Cc1cc(CN2CCC3(O)CCCCC3C2)ccn1. The van der Waals surface area contributed by atoms with Gasteiger partial charge in [0.15, 0.2) is 0 Å². The molecule has 3 rings (SSSR count). The van der Waals surface area contributed by atoms with Crippen LogP contribution in [0.5, 0.6) is 0 Å². The highest BCUT2D eigenvalue weighted by Crippen LogP contribution is 2.39. The van der Waals surface area contributed by atoms with Crippen LogP contribution in [0.15, 0.2) is 18.3 Å². The molecule has 0 bridgehead atoms. The van der Waals surface area contributed by atoms with Gasteiger partial charge in [-0.15, -0.1) is 0 Å². The first-order valence-electron chi connectivity index (χ1n) is 7.49. The van der Waals surface area contributed by atoms with E-state index >= 15 is 0 Å². The molecule has 1 aliphatic carbocycles. The Balaban J connectivity index is 1.66. The van der Waals surface area contributed by atoms with Crippen molar-refractivity contribution in [3.05, 3.63) is 29.6 Å². The fourth-order valence-corrected chi connectivity index (χ4v) is 3.68. The molecule has 2 atom stereocenters. The summed E-state index contributed by atoms with van der Waals surface area (Å²) >= 11 is 0. The molecule has 1 saturated heterocycles. The van der Waals surface area contributed by atoms with Crippen LogP contribution in [-0.4, -0.2) is 33.7 Å². The predicted molar refractivity (Wildman–Crippen MR) is 75.8 cm³/mol. The Labute approximate surface area is 120 Å². The molecule has 1 aromatic rings. The van der Waals surface area contributed by atoms with Crippen molar-refractivity contribution in [1.82, 2.24) is 9.88 Å². The zero-order valence-electron chi connectivity index (χ0n) is 11.8. The molecule has 106 valence electrons. The number of nitriles is 1. The van der Waals surface area contributed by atoms with Gasteiger partial charge in [0, 0.05) is 31.7 Å². The summed E-state index contributed by atoms with van der Waals surface area (Å²) < 4.78 is 0. The quantitative estimate of drug-likeness (QED) is 0.894. The Morgan fingerprint density at radius 1 is 1.45 bits per heavy atom. The van der Waals surface area contributed by atoms with Gasteiger partial charge >= 0.3 is 0 Å². The fourth-order valence-electron chi connectivity index (χ4n) is 3.68. The molecule has 2 unspecified atom stereocenters. The number of hydrogen-bond acceptors (Lipinski definition) is 4. The number of piperidine rings is 1. The van der Waals surface area contributed by atoms with E-state index in [-0.39, 0.29) is 0 Å². The van der Waals surface area contributed by atoms with Gasteiger partial charge in [-0.25, -0.2) is 4.98 Å². The maximum absolute atomic E-state index is 10.7. The summed E-state index contributed by atoms with van der Waals surface area (Å²) in [6, 6.07) is 5.92. The Morgan fingerprint density at radius 3 is 3.20 bits per heavy atom. The molecular formula is C16H21N3O. The first-order chi connectivity index (χ1) is 9.69. The predicted octanol–water partition coefficient (Wildman–Crippen LogP) is 2.08. The van der Waals surface area contributed by atoms with Crippen LogP contribution in [0.2, 0.25) is 0 Å². The number of hydrogen-bond donors (Lipinski definition) is 1. The normalized spacial score (nSPS) is 30.5. The van der Waals surface area contributed by atoms with E-state index in [9.17, 15) is 5.11 Å². The lowest BCUT2D eigenvalue weighted by molar-refractivity contribution is -0.0967. The van der Waals surface area contributed by atoms with Gasteiger partial charge in [-0.05, 0) is 37.0 Å². The van der Waals surface area contributed by atoms with E-state index in [0.717, 1.165) is 44.5 Å². The summed E-state index contributed by atoms with van der Waals surface area (Å²) in [7, 11) is 0. The summed E-state index contributed by atoms with van der Waals surface area (Å²) in [6.45, 7) is 2.77. The van der Waals surface area contributed by atoms with E-state index in [2.05, 4.69) is 16.0 Å². The minimum atomic E-state index is -0.412. The van der Waals surface area contributed by atoms with Gasteiger partial charge in [-0.2, -0.15) is 5.26 Å². The summed E-state index contributed by atoms with van der Waals surface area (Å²) in [5.74, 6) is 0.419. The maximum atomic E-state index is 10.7. The van der Waals surface area contributed by atoms with Crippen LogP contribution < -0.4 is 0 Å². The molecule has 2 fully saturated rings. The number of fused-ring (bicyclic) bond motifs is 1. The van der Waals surface area contributed by atoms with Crippen molar-refractivity contribution >= 4 is 0 Å². The van der Waals surface area contributed by atoms with E-state index in [1.165, 1.54) is 12.8 Å². The molecule has 0 spiro atoms. The lowest BCUT2D eigenvalue weighted by Crippen LogP contribution is -2.52. The van der Waals surface area contributed by atoms with Crippen molar-refractivity contribution in [2.45, 2.75) is 44.2 Å². The van der Waals surface area contributed by atoms with Crippen molar-refractivity contribution in [2.24, 2.45) is 5.92 Å². The van der Waals surface area contributed by atoms with Crippen LogP contribution in [0.1, 0.15) is 43.4 Å². The van der Waals surface area contributed by atoms with Gasteiger partial charge < -0.3 is 5.11 Å². The average molecular weight is 271 g/mol. The second-order valence-corrected chi connectivity index (χ2v) is 6.19. The number of rotatable bonds is 2. The van der Waals surface area contributed by atoms with E-state index in [1.54, 1.807) is 6.20 Å². The zero-order chi connectivity index (χ0) is 14.0. The highest BCUT2D eigenvalue weighted by atomic mass is 16.3. The van der Waals surface area contributed by atoms with E-state index in [1.807, 2.05) is 12.1 Å². The molecule has 1 aliphatic heterocycles. The topological polar surface area (TPSA) is 60.2 Å². The average Bonchev–Trinajstić information content (AvgIpc) is 2.48. The molecule has 0 radical (unpaired) electrons. The first kappa shape index (κ1) is 13.5. The van der Waals surface area contributed by atoms with Crippen LogP contribution in [0, 0.1) is 17.2 Å². The van der Waals surface area contributed by atoms with Crippen molar-refractivity contribution in [3.8, 4) is 6.07 Å². The summed E-state index contributed by atoms with van der Waals surface area (Å²) in [6.07, 6.45) is 7.12. The summed E-state index contributed by atoms with van der Waals surface area (Å²) in [5.41, 5.74) is 1.21. The molecule has 4 heteroatoms. The van der Waals surface area contributed by atoms with E-state index in [4.69, 9.17) is 5.26 Å². The third kappa shape index (κ3) is 2.70. The van der Waals surface area contributed by atoms with Crippen molar-refractivity contribution < 1.29 is 5.11 Å². The first-order valence-corrected chi connectivity index (χ1v) is 7.49. The van der Waals surface area contributed by atoms with Crippen molar-refractivity contribution in [3.63, 3.8) is 0 Å². The Morgan fingerprint density at radius 2 is 2.35 bits per heavy atom. The smallest absolute Gasteiger partial charge is 0.140 e. The van der Waals surface area contributed by atoms with Gasteiger partial charge in [-0.1, -0.05) is 12.8 Å². The summed E-state index contributed by atoms with van der Waals surface area (Å²) in [5, 5.41) is 19.6. The number of pyridine rings is 1. The standard InChI is InChI=1S/C16H21N3O/c17-10-15-9-13(4-7-18-15)11-19-8-6-16(20)5-2-1-3-14(16)12-19/h4,7,9,14,20H,1-3,5-6,8,11-12H2. The van der Waals surface area contributed by atoms with E-state index in [0.29, 0.717) is 11.6 Å². The molecule has 1 aromatic heterocycles. The molecule has 1 saturated carbocycles. The van der Waals surface area contributed by atoms with Gasteiger partial charge in [0.05, 0.1) is 5.60 Å². The second kappa shape index (κ2) is 5.51. The molecule has 0 amide bonds. The molecular weight excluding hydrogens is 250 g/mol. The Hall–Kier alpha value is -1.44. The minimum Gasteiger partial charge on any atom is -0.390 e. The highest BCUT2D eigenvalue weighted by Gasteiger charge is 2.42. The fraction of sp³-hybridized carbons (Fsp3) is 0.625. The van der Waals surface area contributed by atoms with E-state index < -0.39 is 5.60 Å². The van der Waals surface area contributed by atoms with Crippen molar-refractivity contribution in [2.75, 3.05) is 13.1 Å². The third-order valence-electron chi connectivity index (χ3n) is 4.86. The van der Waals surface area contributed by atoms with Gasteiger partial charge in [0.1, 0.15) is 11.8 Å². The molecule has 4 nitrogen and oxygen atoms in total. The maximum Gasteiger partial charge on any atom is 0.140 e. The Kier molecular flexibility index (Phi) is 3.73. The largest absolute Gasteiger partial charge is 0.390 e. The van der Waals surface area contributed by atoms with Gasteiger partial charge in [-0.3, -0.25) is 4.90 Å². The van der Waals surface area contributed by atoms with Gasteiger partial charge in [0.2, 0.25) is 0 Å². The Bertz CT molecular complexity index is 525. The highest BCUT2D eigenvalue weighted by molar-refractivity contribution is 5.25.